The van der Waals surface area contributed by atoms with Crippen molar-refractivity contribution in [3.05, 3.63) is 22.2 Å². The predicted octanol–water partition coefficient (Wildman–Crippen LogP) is 1.92. The van der Waals surface area contributed by atoms with Crippen LogP contribution in [-0.4, -0.2) is 36.5 Å². The van der Waals surface area contributed by atoms with Gasteiger partial charge in [0.2, 0.25) is 0 Å². The Labute approximate surface area is 155 Å². The second-order valence-electron chi connectivity index (χ2n) is 5.02. The van der Waals surface area contributed by atoms with E-state index in [2.05, 4.69) is 31.8 Å². The van der Waals surface area contributed by atoms with Gasteiger partial charge in [0.25, 0.3) is 5.91 Å². The molecule has 0 unspecified atom stereocenters. The van der Waals surface area contributed by atoms with E-state index in [0.29, 0.717) is 27.7 Å². The average molecular weight is 417 g/mol. The number of benzene rings is 1. The van der Waals surface area contributed by atoms with Crippen LogP contribution in [0.15, 0.2) is 21.7 Å². The molecule has 4 N–H and O–H groups in total. The molecule has 24 heavy (non-hydrogen) atoms. The van der Waals surface area contributed by atoms with Crippen molar-refractivity contribution in [2.24, 2.45) is 10.8 Å². The lowest BCUT2D eigenvalue weighted by molar-refractivity contribution is -0.119. The molecular weight excluding hydrogens is 396 g/mol. The van der Waals surface area contributed by atoms with Crippen LogP contribution in [0.5, 0.6) is 11.5 Å². The minimum atomic E-state index is -0.564. The molecule has 0 aromatic heterocycles. The summed E-state index contributed by atoms with van der Waals surface area (Å²) in [7, 11) is 0. The van der Waals surface area contributed by atoms with Gasteiger partial charge in [0.15, 0.2) is 23.2 Å². The van der Waals surface area contributed by atoms with E-state index in [1.807, 2.05) is 20.8 Å². The second-order valence-corrected chi connectivity index (χ2v) is 6.28. The Bertz CT molecular complexity index is 623. The zero-order valence-electron chi connectivity index (χ0n) is 13.8. The van der Waals surface area contributed by atoms with Crippen molar-refractivity contribution < 1.29 is 14.3 Å². The number of thiocarbonyl (C=S) groups is 1. The maximum atomic E-state index is 10.9. The molecule has 0 saturated carbocycles. The maximum absolute atomic E-state index is 10.9. The highest BCUT2D eigenvalue weighted by Crippen LogP contribution is 2.36. The lowest BCUT2D eigenvalue weighted by Gasteiger charge is -2.13. The minimum absolute atomic E-state index is 0.223. The smallest absolute Gasteiger partial charge is 0.255 e. The number of halogens is 1. The zero-order valence-corrected chi connectivity index (χ0v) is 16.2. The van der Waals surface area contributed by atoms with Crippen molar-refractivity contribution >= 4 is 45.4 Å². The highest BCUT2D eigenvalue weighted by atomic mass is 79.9. The van der Waals surface area contributed by atoms with Gasteiger partial charge in [0.05, 0.1) is 17.3 Å². The molecule has 0 aliphatic carbocycles. The number of carbonyl (C=O) groups is 1. The molecule has 132 valence electrons. The van der Waals surface area contributed by atoms with Gasteiger partial charge >= 0.3 is 0 Å². The second kappa shape index (κ2) is 10.1. The van der Waals surface area contributed by atoms with Crippen LogP contribution in [0.25, 0.3) is 0 Å². The van der Waals surface area contributed by atoms with E-state index in [1.54, 1.807) is 18.3 Å². The molecule has 0 spiro atoms. The number of primary amides is 1. The van der Waals surface area contributed by atoms with E-state index in [-0.39, 0.29) is 12.6 Å². The molecule has 0 bridgehead atoms. The highest BCUT2D eigenvalue weighted by Gasteiger charge is 2.12. The van der Waals surface area contributed by atoms with Gasteiger partial charge in [-0.25, -0.2) is 0 Å². The maximum Gasteiger partial charge on any atom is 0.255 e. The lowest BCUT2D eigenvalue weighted by atomic mass is 10.2. The number of nitrogens with zero attached hydrogens (tertiary/aromatic N) is 1. The molecule has 0 aliphatic rings. The summed E-state index contributed by atoms with van der Waals surface area (Å²) in [5.74, 6) is 0.334. The quantitative estimate of drug-likeness (QED) is 0.340. The number of carbonyl (C=O) groups excluding carboxylic acids is 1. The Balaban J connectivity index is 2.89. The average Bonchev–Trinajstić information content (AvgIpc) is 2.45. The van der Waals surface area contributed by atoms with Gasteiger partial charge in [-0.3, -0.25) is 10.2 Å². The van der Waals surface area contributed by atoms with Gasteiger partial charge in [0.1, 0.15) is 0 Å². The molecule has 0 heterocycles. The van der Waals surface area contributed by atoms with E-state index in [9.17, 15) is 4.79 Å². The fourth-order valence-corrected chi connectivity index (χ4v) is 2.53. The Kier molecular flexibility index (Phi) is 8.48. The van der Waals surface area contributed by atoms with Crippen LogP contribution >= 0.6 is 28.1 Å². The Morgan fingerprint density at radius 2 is 2.17 bits per heavy atom. The first-order valence-electron chi connectivity index (χ1n) is 7.30. The van der Waals surface area contributed by atoms with Crippen molar-refractivity contribution in [3.8, 4) is 11.5 Å². The Morgan fingerprint density at radius 3 is 2.75 bits per heavy atom. The molecule has 0 saturated heterocycles. The summed E-state index contributed by atoms with van der Waals surface area (Å²) >= 11 is 8.48. The Morgan fingerprint density at radius 1 is 1.46 bits per heavy atom. The monoisotopic (exact) mass is 416 g/mol. The standard InChI is InChI=1S/C15H21BrN4O3S/c1-4-22-12-6-10(7-18-20-15(24)19-9(2)3)5-11(16)14(12)23-8-13(17)21/h5-7,9H,4,8H2,1-3H3,(H2,17,21)(H2,19,20,24). The van der Waals surface area contributed by atoms with Crippen LogP contribution in [0.1, 0.15) is 26.3 Å². The van der Waals surface area contributed by atoms with E-state index < -0.39 is 5.91 Å². The van der Waals surface area contributed by atoms with E-state index in [1.165, 1.54) is 0 Å². The number of hydrogen-bond donors (Lipinski definition) is 3. The number of amides is 1. The summed E-state index contributed by atoms with van der Waals surface area (Å²) < 4.78 is 11.6. The number of ether oxygens (including phenoxy) is 2. The van der Waals surface area contributed by atoms with Crippen LogP contribution in [0.3, 0.4) is 0 Å². The first kappa shape index (κ1) is 20.2. The van der Waals surface area contributed by atoms with E-state index in [4.69, 9.17) is 27.4 Å². The number of nitrogens with one attached hydrogen (secondary N) is 2. The summed E-state index contributed by atoms with van der Waals surface area (Å²) in [4.78, 5) is 10.9. The van der Waals surface area contributed by atoms with Crippen LogP contribution in [0.2, 0.25) is 0 Å². The molecule has 0 fully saturated rings. The molecule has 0 aliphatic heterocycles. The number of hydrogen-bond acceptors (Lipinski definition) is 5. The molecule has 1 amide bonds. The molecule has 0 radical (unpaired) electrons. The largest absolute Gasteiger partial charge is 0.490 e. The summed E-state index contributed by atoms with van der Waals surface area (Å²) in [5.41, 5.74) is 8.60. The molecule has 1 aromatic rings. The van der Waals surface area contributed by atoms with E-state index >= 15 is 0 Å². The van der Waals surface area contributed by atoms with E-state index in [0.717, 1.165) is 5.56 Å². The fraction of sp³-hybridized carbons (Fsp3) is 0.400. The van der Waals surface area contributed by atoms with Gasteiger partial charge in [-0.2, -0.15) is 5.10 Å². The van der Waals surface area contributed by atoms with Crippen LogP contribution in [0.4, 0.5) is 0 Å². The van der Waals surface area contributed by atoms with Crippen molar-refractivity contribution in [2.75, 3.05) is 13.2 Å². The summed E-state index contributed by atoms with van der Waals surface area (Å²) in [6.07, 6.45) is 1.60. The van der Waals surface area contributed by atoms with Gasteiger partial charge in [-0.15, -0.1) is 0 Å². The third-order valence-electron chi connectivity index (χ3n) is 2.49. The molecular formula is C15H21BrN4O3S. The van der Waals surface area contributed by atoms with Crippen molar-refractivity contribution in [1.29, 1.82) is 0 Å². The van der Waals surface area contributed by atoms with Crippen LogP contribution < -0.4 is 25.9 Å². The molecule has 1 aromatic carbocycles. The fourth-order valence-electron chi connectivity index (χ4n) is 1.67. The number of rotatable bonds is 8. The SMILES string of the molecule is CCOc1cc(C=NNC(=S)NC(C)C)cc(Br)c1OCC(N)=O. The topological polar surface area (TPSA) is 98.0 Å². The first-order chi connectivity index (χ1) is 11.3. The molecule has 1 rings (SSSR count). The molecule has 9 heteroatoms. The van der Waals surface area contributed by atoms with Crippen molar-refractivity contribution in [3.63, 3.8) is 0 Å². The number of hydrazone groups is 1. The molecule has 7 nitrogen and oxygen atoms in total. The lowest BCUT2D eigenvalue weighted by Crippen LogP contribution is -2.36. The predicted molar refractivity (Wildman–Crippen MR) is 102 cm³/mol. The minimum Gasteiger partial charge on any atom is -0.490 e. The first-order valence-corrected chi connectivity index (χ1v) is 8.50. The Hall–Kier alpha value is -1.87. The van der Waals surface area contributed by atoms with Gasteiger partial charge in [-0.1, -0.05) is 0 Å². The van der Waals surface area contributed by atoms with Gasteiger partial charge < -0.3 is 20.5 Å². The summed E-state index contributed by atoms with van der Waals surface area (Å²) in [5, 5.41) is 7.52. The van der Waals surface area contributed by atoms with Gasteiger partial charge in [0, 0.05) is 6.04 Å². The summed E-state index contributed by atoms with van der Waals surface area (Å²) in [6, 6.07) is 3.75. The third kappa shape index (κ3) is 7.14. The number of nitrogens with two attached hydrogens (primary N) is 1. The molecule has 0 atom stereocenters. The normalized spacial score (nSPS) is 10.7. The summed E-state index contributed by atoms with van der Waals surface area (Å²) in [6.45, 7) is 6.02. The third-order valence-corrected chi connectivity index (χ3v) is 3.29. The highest BCUT2D eigenvalue weighted by molar-refractivity contribution is 9.10. The van der Waals surface area contributed by atoms with Crippen LogP contribution in [-0.2, 0) is 4.79 Å². The zero-order chi connectivity index (χ0) is 18.1. The van der Waals surface area contributed by atoms with Crippen molar-refractivity contribution in [2.45, 2.75) is 26.8 Å². The van der Waals surface area contributed by atoms with Gasteiger partial charge in [-0.05, 0) is 66.6 Å². The van der Waals surface area contributed by atoms with Crippen LogP contribution in [0, 0.1) is 0 Å². The van der Waals surface area contributed by atoms with Crippen molar-refractivity contribution in [1.82, 2.24) is 10.7 Å².